The van der Waals surface area contributed by atoms with Gasteiger partial charge in [0, 0.05) is 44.0 Å². The predicted molar refractivity (Wildman–Crippen MR) is 159 cm³/mol. The molecule has 2 N–H and O–H groups in total. The lowest BCUT2D eigenvalue weighted by atomic mass is 10.00. The van der Waals surface area contributed by atoms with Crippen LogP contribution in [-0.4, -0.2) is 70.2 Å². The molecule has 1 fully saturated rings. The Hall–Kier alpha value is -4.49. The molecule has 0 aliphatic carbocycles. The summed E-state index contributed by atoms with van der Waals surface area (Å²) in [6.07, 6.45) is 4.25. The molecule has 1 unspecified atom stereocenters. The number of nitrogens with one attached hydrogen (secondary N) is 1. The van der Waals surface area contributed by atoms with Crippen LogP contribution in [0.15, 0.2) is 54.9 Å². The number of amides is 1. The van der Waals surface area contributed by atoms with E-state index in [1.807, 2.05) is 51.1 Å². The number of aliphatic carboxylic acids is 1. The van der Waals surface area contributed by atoms with E-state index in [1.165, 1.54) is 6.33 Å². The van der Waals surface area contributed by atoms with E-state index in [-0.39, 0.29) is 18.6 Å². The zero-order valence-electron chi connectivity index (χ0n) is 24.4. The molecule has 4 rings (SSSR count). The fourth-order valence-corrected chi connectivity index (χ4v) is 5.37. The maximum Gasteiger partial charge on any atom is 0.341 e. The Labute approximate surface area is 247 Å². The molecule has 1 aliphatic rings. The SMILES string of the molecule is Cc1ncnc(C)c1C(=O)NC(C)CCN1CCC(N(Cc2cccc(C#N)c2)c2ccc(OCC(=O)O)cc2)CC1. The standard InChI is InChI=1S/C32H38N6O4/c1-22(36-32(41)31-23(2)34-21-35-24(31)3)11-14-37-15-12-28(13-16-37)38(19-26-6-4-5-25(17-26)18-33)27-7-9-29(10-8-27)42-20-30(39)40/h4-10,17,21-22,28H,11-16,19-20H2,1-3H3,(H,36,41)(H,39,40). The second-order valence-corrected chi connectivity index (χ2v) is 10.8. The first-order chi connectivity index (χ1) is 20.2. The molecular weight excluding hydrogens is 532 g/mol. The Morgan fingerprint density at radius 1 is 1.14 bits per heavy atom. The van der Waals surface area contributed by atoms with E-state index >= 15 is 0 Å². The van der Waals surface area contributed by atoms with Gasteiger partial charge in [-0.25, -0.2) is 14.8 Å². The van der Waals surface area contributed by atoms with Crippen molar-refractivity contribution in [2.45, 2.75) is 58.7 Å². The maximum atomic E-state index is 12.8. The molecular formula is C32H38N6O4. The van der Waals surface area contributed by atoms with Gasteiger partial charge in [-0.05, 0) is 82.0 Å². The van der Waals surface area contributed by atoms with Crippen LogP contribution in [0.3, 0.4) is 0 Å². The van der Waals surface area contributed by atoms with E-state index in [2.05, 4.69) is 31.2 Å². The van der Waals surface area contributed by atoms with E-state index < -0.39 is 5.97 Å². The predicted octanol–water partition coefficient (Wildman–Crippen LogP) is 4.11. The summed E-state index contributed by atoms with van der Waals surface area (Å²) in [5, 5.41) is 21.4. The van der Waals surface area contributed by atoms with E-state index in [4.69, 9.17) is 9.84 Å². The minimum atomic E-state index is -1.02. The first kappa shape index (κ1) is 30.5. The lowest BCUT2D eigenvalue weighted by Crippen LogP contribution is -2.46. The number of nitriles is 1. The third kappa shape index (κ3) is 8.27. The van der Waals surface area contributed by atoms with Gasteiger partial charge in [0.05, 0.1) is 28.6 Å². The monoisotopic (exact) mass is 570 g/mol. The first-order valence-corrected chi connectivity index (χ1v) is 14.2. The first-order valence-electron chi connectivity index (χ1n) is 14.2. The molecule has 0 saturated carbocycles. The third-order valence-corrected chi connectivity index (χ3v) is 7.65. The number of rotatable bonds is 12. The van der Waals surface area contributed by atoms with Gasteiger partial charge in [0.15, 0.2) is 6.61 Å². The Balaban J connectivity index is 1.36. The normalized spacial score (nSPS) is 14.5. The van der Waals surface area contributed by atoms with Gasteiger partial charge in [-0.15, -0.1) is 0 Å². The smallest absolute Gasteiger partial charge is 0.341 e. The van der Waals surface area contributed by atoms with Crippen LogP contribution in [0.1, 0.15) is 59.1 Å². The lowest BCUT2D eigenvalue weighted by molar-refractivity contribution is -0.139. The molecule has 1 saturated heterocycles. The zero-order valence-corrected chi connectivity index (χ0v) is 24.4. The largest absolute Gasteiger partial charge is 0.482 e. The topological polar surface area (TPSA) is 132 Å². The molecule has 2 aromatic carbocycles. The van der Waals surface area contributed by atoms with Gasteiger partial charge in [0.1, 0.15) is 12.1 Å². The van der Waals surface area contributed by atoms with E-state index in [0.29, 0.717) is 40.9 Å². The van der Waals surface area contributed by atoms with E-state index in [0.717, 1.165) is 50.1 Å². The summed E-state index contributed by atoms with van der Waals surface area (Å²) in [7, 11) is 0. The molecule has 42 heavy (non-hydrogen) atoms. The number of aryl methyl sites for hydroxylation is 2. The van der Waals surface area contributed by atoms with Gasteiger partial charge in [-0.1, -0.05) is 12.1 Å². The lowest BCUT2D eigenvalue weighted by Gasteiger charge is -2.40. The van der Waals surface area contributed by atoms with Crippen LogP contribution in [0.25, 0.3) is 0 Å². The number of ether oxygens (including phenoxy) is 1. The highest BCUT2D eigenvalue weighted by Crippen LogP contribution is 2.28. The minimum Gasteiger partial charge on any atom is -0.482 e. The quantitative estimate of drug-likeness (QED) is 0.330. The van der Waals surface area contributed by atoms with Crippen LogP contribution in [0.2, 0.25) is 0 Å². The number of piperidine rings is 1. The number of anilines is 1. The Morgan fingerprint density at radius 3 is 2.48 bits per heavy atom. The van der Waals surface area contributed by atoms with Crippen molar-refractivity contribution in [2.75, 3.05) is 31.1 Å². The van der Waals surface area contributed by atoms with Gasteiger partial charge in [-0.2, -0.15) is 5.26 Å². The number of benzene rings is 2. The van der Waals surface area contributed by atoms with Crippen LogP contribution in [-0.2, 0) is 11.3 Å². The number of aromatic nitrogens is 2. The number of carbonyl (C=O) groups is 2. The zero-order chi connectivity index (χ0) is 30.1. The third-order valence-electron chi connectivity index (χ3n) is 7.65. The van der Waals surface area contributed by atoms with Gasteiger partial charge >= 0.3 is 5.97 Å². The molecule has 1 aliphatic heterocycles. The fourth-order valence-electron chi connectivity index (χ4n) is 5.37. The fraction of sp³-hybridized carbons (Fsp3) is 0.406. The highest BCUT2D eigenvalue weighted by molar-refractivity contribution is 5.96. The molecule has 220 valence electrons. The van der Waals surface area contributed by atoms with Crippen molar-refractivity contribution in [1.82, 2.24) is 20.2 Å². The molecule has 1 aromatic heterocycles. The van der Waals surface area contributed by atoms with Gasteiger partial charge in [0.2, 0.25) is 0 Å². The average molecular weight is 571 g/mol. The second-order valence-electron chi connectivity index (χ2n) is 10.8. The average Bonchev–Trinajstić information content (AvgIpc) is 2.98. The Kier molecular flexibility index (Phi) is 10.5. The summed E-state index contributed by atoms with van der Waals surface area (Å²) in [6, 6.07) is 17.7. The molecule has 3 aromatic rings. The number of hydrogen-bond donors (Lipinski definition) is 2. The summed E-state index contributed by atoms with van der Waals surface area (Å²) in [4.78, 5) is 36.8. The van der Waals surface area contributed by atoms with Crippen LogP contribution in [0.4, 0.5) is 5.69 Å². The summed E-state index contributed by atoms with van der Waals surface area (Å²) in [5.74, 6) is -0.640. The Bertz CT molecular complexity index is 1390. The van der Waals surface area contributed by atoms with Crippen molar-refractivity contribution in [3.63, 3.8) is 0 Å². The van der Waals surface area contributed by atoms with Crippen molar-refractivity contribution in [1.29, 1.82) is 5.26 Å². The minimum absolute atomic E-state index is 0.0139. The molecule has 0 bridgehead atoms. The van der Waals surface area contributed by atoms with Crippen molar-refractivity contribution in [2.24, 2.45) is 0 Å². The van der Waals surface area contributed by atoms with Gasteiger partial charge < -0.3 is 25.0 Å². The number of carboxylic acids is 1. The summed E-state index contributed by atoms with van der Waals surface area (Å²) >= 11 is 0. The number of likely N-dealkylation sites (tertiary alicyclic amines) is 1. The summed E-state index contributed by atoms with van der Waals surface area (Å²) in [5.41, 5.74) is 4.62. The molecule has 2 heterocycles. The maximum absolute atomic E-state index is 12.8. The van der Waals surface area contributed by atoms with Crippen LogP contribution in [0.5, 0.6) is 5.75 Å². The molecule has 1 atom stereocenters. The van der Waals surface area contributed by atoms with Crippen molar-refractivity contribution in [3.05, 3.63) is 82.9 Å². The molecule has 10 heteroatoms. The van der Waals surface area contributed by atoms with Crippen LogP contribution < -0.4 is 15.0 Å². The van der Waals surface area contributed by atoms with Crippen LogP contribution in [0, 0.1) is 25.2 Å². The van der Waals surface area contributed by atoms with E-state index in [1.54, 1.807) is 18.2 Å². The Morgan fingerprint density at radius 2 is 1.83 bits per heavy atom. The highest BCUT2D eigenvalue weighted by Gasteiger charge is 2.26. The molecule has 0 spiro atoms. The van der Waals surface area contributed by atoms with Crippen LogP contribution >= 0.6 is 0 Å². The van der Waals surface area contributed by atoms with Gasteiger partial charge in [0.25, 0.3) is 5.91 Å². The second kappa shape index (κ2) is 14.4. The van der Waals surface area contributed by atoms with Crippen molar-refractivity contribution < 1.29 is 19.4 Å². The molecule has 10 nitrogen and oxygen atoms in total. The number of hydrogen-bond acceptors (Lipinski definition) is 8. The van der Waals surface area contributed by atoms with E-state index in [9.17, 15) is 14.9 Å². The van der Waals surface area contributed by atoms with Gasteiger partial charge in [-0.3, -0.25) is 4.79 Å². The number of carboxylic acid groups (broad SMARTS) is 1. The van der Waals surface area contributed by atoms with Crippen molar-refractivity contribution >= 4 is 17.6 Å². The summed E-state index contributed by atoms with van der Waals surface area (Å²) in [6.45, 7) is 8.70. The molecule has 0 radical (unpaired) electrons. The number of nitrogens with zero attached hydrogens (tertiary/aromatic N) is 5. The van der Waals surface area contributed by atoms with Crippen molar-refractivity contribution in [3.8, 4) is 11.8 Å². The molecule has 1 amide bonds. The number of carbonyl (C=O) groups excluding carboxylic acids is 1. The summed E-state index contributed by atoms with van der Waals surface area (Å²) < 4.78 is 5.32. The highest BCUT2D eigenvalue weighted by atomic mass is 16.5.